The van der Waals surface area contributed by atoms with Crippen LogP contribution in [-0.2, 0) is 9.53 Å². The van der Waals surface area contributed by atoms with Crippen LogP contribution in [0.1, 0.15) is 31.2 Å². The van der Waals surface area contributed by atoms with Crippen LogP contribution in [0, 0.1) is 12.7 Å². The fourth-order valence-electron chi connectivity index (χ4n) is 2.63. The third kappa shape index (κ3) is 3.10. The molecule has 2 atom stereocenters. The van der Waals surface area contributed by atoms with E-state index in [0.717, 1.165) is 12.8 Å². The molecule has 0 heterocycles. The number of halogens is 1. The predicted octanol–water partition coefficient (Wildman–Crippen LogP) is 2.33. The minimum atomic E-state index is -0.979. The largest absolute Gasteiger partial charge is 0.490 e. The highest BCUT2D eigenvalue weighted by Gasteiger charge is 2.41. The number of carbonyl (C=O) groups is 1. The Morgan fingerprint density at radius 2 is 2.25 bits per heavy atom. The summed E-state index contributed by atoms with van der Waals surface area (Å²) in [6.07, 6.45) is 2.48. The van der Waals surface area contributed by atoms with Crippen molar-refractivity contribution < 1.29 is 18.7 Å². The molecule has 0 aliphatic heterocycles. The molecule has 0 spiro atoms. The molecule has 2 rings (SSSR count). The molecule has 5 heteroatoms. The van der Waals surface area contributed by atoms with E-state index < -0.39 is 11.5 Å². The molecule has 1 aromatic carbocycles. The van der Waals surface area contributed by atoms with Crippen molar-refractivity contribution in [1.29, 1.82) is 0 Å². The van der Waals surface area contributed by atoms with E-state index in [2.05, 4.69) is 0 Å². The van der Waals surface area contributed by atoms with E-state index in [9.17, 15) is 9.18 Å². The van der Waals surface area contributed by atoms with Gasteiger partial charge in [0.1, 0.15) is 23.2 Å². The number of esters is 1. The van der Waals surface area contributed by atoms with Crippen molar-refractivity contribution in [2.45, 2.75) is 44.2 Å². The second kappa shape index (κ2) is 5.79. The van der Waals surface area contributed by atoms with Gasteiger partial charge in [-0.25, -0.2) is 4.39 Å². The van der Waals surface area contributed by atoms with Crippen molar-refractivity contribution in [3.63, 3.8) is 0 Å². The first kappa shape index (κ1) is 14.8. The number of rotatable bonds is 3. The lowest BCUT2D eigenvalue weighted by atomic mass is 9.81. The second-order valence-corrected chi connectivity index (χ2v) is 5.39. The molecule has 1 aromatic rings. The highest BCUT2D eigenvalue weighted by Crippen LogP contribution is 2.30. The Kier molecular flexibility index (Phi) is 4.28. The van der Waals surface area contributed by atoms with Gasteiger partial charge in [-0.3, -0.25) is 4.79 Å². The fraction of sp³-hybridized carbons (Fsp3) is 0.533. The van der Waals surface area contributed by atoms with Gasteiger partial charge in [-0.1, -0.05) is 0 Å². The first-order chi connectivity index (χ1) is 9.44. The Bertz CT molecular complexity index is 506. The second-order valence-electron chi connectivity index (χ2n) is 5.39. The Morgan fingerprint density at radius 3 is 2.90 bits per heavy atom. The summed E-state index contributed by atoms with van der Waals surface area (Å²) in [4.78, 5) is 11.7. The van der Waals surface area contributed by atoms with Crippen LogP contribution in [0.2, 0.25) is 0 Å². The monoisotopic (exact) mass is 281 g/mol. The van der Waals surface area contributed by atoms with Gasteiger partial charge in [0.2, 0.25) is 0 Å². The SMILES string of the molecule is COC(=O)C1(N)CCCC(Oc2ccc(F)c(C)c2)C1. The molecule has 20 heavy (non-hydrogen) atoms. The van der Waals surface area contributed by atoms with Gasteiger partial charge in [-0.15, -0.1) is 0 Å². The summed E-state index contributed by atoms with van der Waals surface area (Å²) in [5.74, 6) is -0.0622. The van der Waals surface area contributed by atoms with Crippen molar-refractivity contribution in [3.05, 3.63) is 29.6 Å². The molecule has 2 unspecified atom stereocenters. The van der Waals surface area contributed by atoms with E-state index in [1.807, 2.05) is 0 Å². The molecule has 0 saturated heterocycles. The Morgan fingerprint density at radius 1 is 1.50 bits per heavy atom. The molecular formula is C15H20FNO3. The van der Waals surface area contributed by atoms with Gasteiger partial charge in [0, 0.05) is 6.42 Å². The van der Waals surface area contributed by atoms with Crippen LogP contribution in [0.4, 0.5) is 4.39 Å². The van der Waals surface area contributed by atoms with Gasteiger partial charge in [0.15, 0.2) is 0 Å². The molecular weight excluding hydrogens is 261 g/mol. The standard InChI is InChI=1S/C15H20FNO3/c1-10-8-11(5-6-13(10)16)20-12-4-3-7-15(17,9-12)14(18)19-2/h5-6,8,12H,3-4,7,9,17H2,1-2H3. The average Bonchev–Trinajstić information content (AvgIpc) is 2.42. The van der Waals surface area contributed by atoms with E-state index in [1.165, 1.54) is 13.2 Å². The number of hydrogen-bond acceptors (Lipinski definition) is 4. The first-order valence-corrected chi connectivity index (χ1v) is 6.75. The number of nitrogens with two attached hydrogens (primary N) is 1. The van der Waals surface area contributed by atoms with E-state index in [1.54, 1.807) is 19.1 Å². The molecule has 0 amide bonds. The zero-order chi connectivity index (χ0) is 14.8. The number of aryl methyl sites for hydroxylation is 1. The number of benzene rings is 1. The Hall–Kier alpha value is -1.62. The van der Waals surface area contributed by atoms with Gasteiger partial charge in [0.25, 0.3) is 0 Å². The van der Waals surface area contributed by atoms with Gasteiger partial charge in [-0.05, 0) is 49.9 Å². The predicted molar refractivity (Wildman–Crippen MR) is 73.0 cm³/mol. The third-order valence-corrected chi connectivity index (χ3v) is 3.76. The lowest BCUT2D eigenvalue weighted by Crippen LogP contribution is -2.54. The molecule has 0 bridgehead atoms. The number of methoxy groups -OCH3 is 1. The molecule has 1 fully saturated rings. The van der Waals surface area contributed by atoms with E-state index in [0.29, 0.717) is 24.2 Å². The summed E-state index contributed by atoms with van der Waals surface area (Å²) in [5, 5.41) is 0. The number of carbonyl (C=O) groups excluding carboxylic acids is 1. The molecule has 1 aliphatic rings. The normalized spacial score (nSPS) is 26.1. The molecule has 2 N–H and O–H groups in total. The zero-order valence-electron chi connectivity index (χ0n) is 11.8. The van der Waals surface area contributed by atoms with Crippen LogP contribution in [0.3, 0.4) is 0 Å². The first-order valence-electron chi connectivity index (χ1n) is 6.75. The minimum Gasteiger partial charge on any atom is -0.490 e. The van der Waals surface area contributed by atoms with Gasteiger partial charge in [-0.2, -0.15) is 0 Å². The van der Waals surface area contributed by atoms with E-state index in [-0.39, 0.29) is 11.9 Å². The minimum absolute atomic E-state index is 0.155. The maximum Gasteiger partial charge on any atom is 0.325 e. The summed E-state index contributed by atoms with van der Waals surface area (Å²) < 4.78 is 23.8. The van der Waals surface area contributed by atoms with Crippen LogP contribution < -0.4 is 10.5 Å². The van der Waals surface area contributed by atoms with Crippen molar-refractivity contribution in [3.8, 4) is 5.75 Å². The van der Waals surface area contributed by atoms with Crippen molar-refractivity contribution >= 4 is 5.97 Å². The molecule has 1 aliphatic carbocycles. The van der Waals surface area contributed by atoms with Gasteiger partial charge in [0.05, 0.1) is 7.11 Å². The lowest BCUT2D eigenvalue weighted by Gasteiger charge is -2.35. The Balaban J connectivity index is 2.06. The highest BCUT2D eigenvalue weighted by molar-refractivity contribution is 5.80. The topological polar surface area (TPSA) is 61.5 Å². The summed E-state index contributed by atoms with van der Waals surface area (Å²) in [6, 6.07) is 4.62. The summed E-state index contributed by atoms with van der Waals surface area (Å²) >= 11 is 0. The number of hydrogen-bond donors (Lipinski definition) is 1. The molecule has 4 nitrogen and oxygen atoms in total. The molecule has 110 valence electrons. The van der Waals surface area contributed by atoms with Crippen molar-refractivity contribution in [1.82, 2.24) is 0 Å². The van der Waals surface area contributed by atoms with Crippen molar-refractivity contribution in [2.75, 3.05) is 7.11 Å². The van der Waals surface area contributed by atoms with Crippen LogP contribution in [0.5, 0.6) is 5.75 Å². The Labute approximate surface area is 118 Å². The van der Waals surface area contributed by atoms with Crippen LogP contribution >= 0.6 is 0 Å². The molecule has 1 saturated carbocycles. The molecule has 0 aromatic heterocycles. The van der Waals surface area contributed by atoms with Gasteiger partial charge >= 0.3 is 5.97 Å². The molecule has 0 radical (unpaired) electrons. The highest BCUT2D eigenvalue weighted by atomic mass is 19.1. The van der Waals surface area contributed by atoms with Crippen LogP contribution in [0.15, 0.2) is 18.2 Å². The summed E-state index contributed by atoms with van der Waals surface area (Å²) in [5.41, 5.74) is 5.65. The number of ether oxygens (including phenoxy) is 2. The van der Waals surface area contributed by atoms with Crippen LogP contribution in [-0.4, -0.2) is 24.7 Å². The summed E-state index contributed by atoms with van der Waals surface area (Å²) in [6.45, 7) is 1.69. The van der Waals surface area contributed by atoms with Crippen molar-refractivity contribution in [2.24, 2.45) is 5.73 Å². The summed E-state index contributed by atoms with van der Waals surface area (Å²) in [7, 11) is 1.34. The maximum absolute atomic E-state index is 13.2. The van der Waals surface area contributed by atoms with Gasteiger partial charge < -0.3 is 15.2 Å². The smallest absolute Gasteiger partial charge is 0.325 e. The van der Waals surface area contributed by atoms with E-state index >= 15 is 0 Å². The lowest BCUT2D eigenvalue weighted by molar-refractivity contribution is -0.149. The maximum atomic E-state index is 13.2. The zero-order valence-corrected chi connectivity index (χ0v) is 11.8. The quantitative estimate of drug-likeness (QED) is 0.864. The van der Waals surface area contributed by atoms with E-state index in [4.69, 9.17) is 15.2 Å². The van der Waals surface area contributed by atoms with Crippen LogP contribution in [0.25, 0.3) is 0 Å². The fourth-order valence-corrected chi connectivity index (χ4v) is 2.63. The third-order valence-electron chi connectivity index (χ3n) is 3.76. The average molecular weight is 281 g/mol.